The topological polar surface area (TPSA) is 63.6 Å². The maximum atomic E-state index is 10.9. The third-order valence-corrected chi connectivity index (χ3v) is 8.23. The third kappa shape index (κ3) is 7.15. The van der Waals surface area contributed by atoms with Crippen molar-refractivity contribution in [2.24, 2.45) is 0 Å². The van der Waals surface area contributed by atoms with Gasteiger partial charge in [0.2, 0.25) is 0 Å². The number of ether oxygens (including phenoxy) is 1. The van der Waals surface area contributed by atoms with E-state index in [1.165, 1.54) is 31.4 Å². The lowest BCUT2D eigenvalue weighted by Crippen LogP contribution is -2.44. The molecule has 4 nitrogen and oxygen atoms in total. The van der Waals surface area contributed by atoms with E-state index in [2.05, 4.69) is 68.3 Å². The Kier molecular flexibility index (Phi) is 7.74. The van der Waals surface area contributed by atoms with Crippen LogP contribution in [0.3, 0.4) is 0 Å². The fourth-order valence-corrected chi connectivity index (χ4v) is 4.83. The van der Waals surface area contributed by atoms with Gasteiger partial charge in [-0.05, 0) is 24.3 Å². The van der Waals surface area contributed by atoms with E-state index < -0.39 is 28.1 Å². The Balaban J connectivity index is 0.000000271. The van der Waals surface area contributed by atoms with Crippen LogP contribution in [0, 0.1) is 0 Å². The summed E-state index contributed by atoms with van der Waals surface area (Å²) in [6.07, 6.45) is 0. The van der Waals surface area contributed by atoms with E-state index in [0.717, 1.165) is 0 Å². The van der Waals surface area contributed by atoms with Gasteiger partial charge in [-0.2, -0.15) is 0 Å². The number of carboxylic acid groups (broad SMARTS) is 1. The van der Waals surface area contributed by atoms with Crippen LogP contribution in [0.2, 0.25) is 39.3 Å². The molecule has 0 fully saturated rings. The van der Waals surface area contributed by atoms with Crippen molar-refractivity contribution < 1.29 is 19.4 Å². The number of methoxy groups -OCH3 is 1. The van der Waals surface area contributed by atoms with E-state index in [1.54, 1.807) is 10.4 Å². The van der Waals surface area contributed by atoms with E-state index in [0.29, 0.717) is 5.56 Å². The van der Waals surface area contributed by atoms with Crippen molar-refractivity contribution in [3.63, 3.8) is 0 Å². The summed E-state index contributed by atoms with van der Waals surface area (Å²) in [5, 5.41) is 11.7. The van der Waals surface area contributed by atoms with Crippen molar-refractivity contribution >= 4 is 38.5 Å². The summed E-state index contributed by atoms with van der Waals surface area (Å²) < 4.78 is 4.45. The smallest absolute Gasteiger partial charge is 0.337 e. The Morgan fingerprint density at radius 3 is 1.52 bits per heavy atom. The lowest BCUT2D eigenvalue weighted by atomic mass is 10.1. The van der Waals surface area contributed by atoms with E-state index in [9.17, 15) is 9.59 Å². The molecule has 0 radical (unpaired) electrons. The Morgan fingerprint density at radius 2 is 1.19 bits per heavy atom. The maximum Gasteiger partial charge on any atom is 0.337 e. The summed E-state index contributed by atoms with van der Waals surface area (Å²) in [4.78, 5) is 21.4. The predicted octanol–water partition coefficient (Wildman–Crippen LogP) is 3.95. The first kappa shape index (κ1) is 22.9. The fourth-order valence-electron chi connectivity index (χ4n) is 2.32. The number of carbonyl (C=O) groups excluding carboxylic acids is 1. The highest BCUT2D eigenvalue weighted by Gasteiger charge is 2.20. The second-order valence-electron chi connectivity index (χ2n) is 8.45. The van der Waals surface area contributed by atoms with Gasteiger partial charge in [0.25, 0.3) is 0 Å². The van der Waals surface area contributed by atoms with Crippen molar-refractivity contribution in [1.82, 2.24) is 0 Å². The van der Waals surface area contributed by atoms with Crippen molar-refractivity contribution in [3.8, 4) is 0 Å². The van der Waals surface area contributed by atoms with Crippen LogP contribution in [0.1, 0.15) is 20.7 Å². The summed E-state index contributed by atoms with van der Waals surface area (Å²) in [5.41, 5.74) is 0.486. The normalized spacial score (nSPS) is 11.2. The number of aromatic carboxylic acids is 1. The molecule has 27 heavy (non-hydrogen) atoms. The number of carboxylic acids is 1. The molecule has 2 aromatic rings. The van der Waals surface area contributed by atoms with Crippen LogP contribution in [0.5, 0.6) is 0 Å². The number of esters is 1. The molecule has 0 aromatic heterocycles. The minimum absolute atomic E-state index is 0.146. The SMILES string of the molecule is COC(=O)c1ccc(C(=O)O)cc1.C[Si](C)(C)c1cccc([Si](C)(C)C)c1. The summed E-state index contributed by atoms with van der Waals surface area (Å²) in [5.74, 6) is -1.49. The first-order valence-corrected chi connectivity index (χ1v) is 15.9. The lowest BCUT2D eigenvalue weighted by Gasteiger charge is -2.22. The van der Waals surface area contributed by atoms with Gasteiger partial charge in [-0.1, -0.05) is 73.9 Å². The van der Waals surface area contributed by atoms with E-state index in [4.69, 9.17) is 5.11 Å². The molecule has 0 atom stereocenters. The van der Waals surface area contributed by atoms with E-state index >= 15 is 0 Å². The average Bonchev–Trinajstić information content (AvgIpc) is 2.60. The molecular formula is C21H30O4Si2. The van der Waals surface area contributed by atoms with Gasteiger partial charge < -0.3 is 9.84 Å². The molecule has 0 aliphatic heterocycles. The zero-order chi connectivity index (χ0) is 20.8. The highest BCUT2D eigenvalue weighted by molar-refractivity contribution is 6.91. The number of carbonyl (C=O) groups is 2. The summed E-state index contributed by atoms with van der Waals surface area (Å²) >= 11 is 0. The second-order valence-corrected chi connectivity index (χ2v) is 18.6. The van der Waals surface area contributed by atoms with Crippen LogP contribution >= 0.6 is 0 Å². The van der Waals surface area contributed by atoms with Crippen LogP contribution in [0.15, 0.2) is 48.5 Å². The first-order chi connectivity index (χ1) is 12.4. The Morgan fingerprint density at radius 1 is 0.778 bits per heavy atom. The van der Waals surface area contributed by atoms with Crippen LogP contribution in [0.4, 0.5) is 0 Å². The Labute approximate surface area is 164 Å². The molecule has 0 heterocycles. The van der Waals surface area contributed by atoms with E-state index in [1.807, 2.05) is 0 Å². The molecule has 6 heteroatoms. The maximum absolute atomic E-state index is 10.9. The average molecular weight is 403 g/mol. The Bertz CT molecular complexity index is 756. The fraction of sp³-hybridized carbons (Fsp3) is 0.333. The van der Waals surface area contributed by atoms with Gasteiger partial charge in [0.15, 0.2) is 0 Å². The highest BCUT2D eigenvalue weighted by atomic mass is 28.3. The van der Waals surface area contributed by atoms with Crippen LogP contribution < -0.4 is 10.4 Å². The molecule has 0 aliphatic rings. The number of hydrogen-bond donors (Lipinski definition) is 1. The second kappa shape index (κ2) is 9.15. The van der Waals surface area contributed by atoms with Crippen LogP contribution in [0.25, 0.3) is 0 Å². The summed E-state index contributed by atoms with van der Waals surface area (Å²) in [6, 6.07) is 14.8. The van der Waals surface area contributed by atoms with Gasteiger partial charge >= 0.3 is 11.9 Å². The molecule has 1 N–H and O–H groups in total. The highest BCUT2D eigenvalue weighted by Crippen LogP contribution is 2.06. The molecular weight excluding hydrogens is 372 g/mol. The molecule has 2 rings (SSSR count). The minimum Gasteiger partial charge on any atom is -0.478 e. The molecule has 2 aromatic carbocycles. The van der Waals surface area contributed by atoms with Gasteiger partial charge in [-0.15, -0.1) is 0 Å². The van der Waals surface area contributed by atoms with Crippen molar-refractivity contribution in [2.75, 3.05) is 7.11 Å². The molecule has 0 saturated carbocycles. The zero-order valence-corrected chi connectivity index (χ0v) is 19.3. The summed E-state index contributed by atoms with van der Waals surface area (Å²) in [7, 11) is -0.971. The predicted molar refractivity (Wildman–Crippen MR) is 117 cm³/mol. The van der Waals surface area contributed by atoms with Gasteiger partial charge in [0, 0.05) is 0 Å². The van der Waals surface area contributed by atoms with Crippen molar-refractivity contribution in [3.05, 3.63) is 59.7 Å². The first-order valence-electron chi connectivity index (χ1n) is 8.89. The van der Waals surface area contributed by atoms with Crippen LogP contribution in [-0.4, -0.2) is 40.3 Å². The molecule has 0 amide bonds. The Hall–Kier alpha value is -2.19. The molecule has 0 aliphatic carbocycles. The number of hydrogen-bond acceptors (Lipinski definition) is 3. The minimum atomic E-state index is -1.12. The van der Waals surface area contributed by atoms with E-state index in [-0.39, 0.29) is 5.56 Å². The number of benzene rings is 2. The van der Waals surface area contributed by atoms with Crippen LogP contribution in [-0.2, 0) is 4.74 Å². The van der Waals surface area contributed by atoms with Gasteiger partial charge in [0.05, 0.1) is 34.4 Å². The third-order valence-electron chi connectivity index (χ3n) is 4.15. The largest absolute Gasteiger partial charge is 0.478 e. The van der Waals surface area contributed by atoms with Crippen molar-refractivity contribution in [1.29, 1.82) is 0 Å². The lowest BCUT2D eigenvalue weighted by molar-refractivity contribution is 0.0598. The van der Waals surface area contributed by atoms with Gasteiger partial charge in [-0.3, -0.25) is 0 Å². The molecule has 0 saturated heterocycles. The van der Waals surface area contributed by atoms with Gasteiger partial charge in [-0.25, -0.2) is 9.59 Å². The molecule has 146 valence electrons. The summed E-state index contributed by atoms with van der Waals surface area (Å²) in [6.45, 7) is 14.5. The molecule has 0 spiro atoms. The number of rotatable bonds is 4. The zero-order valence-electron chi connectivity index (χ0n) is 17.3. The van der Waals surface area contributed by atoms with Gasteiger partial charge in [0.1, 0.15) is 0 Å². The van der Waals surface area contributed by atoms with Crippen molar-refractivity contribution in [2.45, 2.75) is 39.3 Å². The standard InChI is InChI=1S/C12H22Si2.C9H8O4/c1-13(2,3)11-8-7-9-12(10-11)14(4,5)6;1-13-9(12)7-4-2-6(3-5-7)8(10)11/h7-10H,1-6H3;2-5H,1H3,(H,10,11). The monoisotopic (exact) mass is 402 g/mol. The molecule has 0 bridgehead atoms. The molecule has 0 unspecified atom stereocenters. The quantitative estimate of drug-likeness (QED) is 0.621.